The molecule has 17 heavy (non-hydrogen) atoms. The third-order valence-corrected chi connectivity index (χ3v) is 4.20. The van der Waals surface area contributed by atoms with E-state index in [9.17, 15) is 5.11 Å². The Morgan fingerprint density at radius 3 is 3.00 bits per heavy atom. The number of phenolic OH excluding ortho intramolecular Hbond substituents is 1. The fourth-order valence-corrected chi connectivity index (χ4v) is 3.33. The number of fused-ring (bicyclic) bond motifs is 3. The maximum atomic E-state index is 10.1. The molecule has 0 saturated heterocycles. The van der Waals surface area contributed by atoms with Crippen LogP contribution in [0.5, 0.6) is 5.75 Å². The summed E-state index contributed by atoms with van der Waals surface area (Å²) in [7, 11) is 0. The quantitative estimate of drug-likeness (QED) is 0.751. The summed E-state index contributed by atoms with van der Waals surface area (Å²) >= 11 is 6.07. The number of aryl methyl sites for hydroxylation is 2. The topological polar surface area (TPSA) is 20.2 Å². The second kappa shape index (κ2) is 3.92. The number of aromatic hydroxyl groups is 1. The van der Waals surface area contributed by atoms with Gasteiger partial charge in [-0.15, -0.1) is 11.6 Å². The lowest BCUT2D eigenvalue weighted by molar-refractivity contribution is 0.481. The molecule has 0 saturated carbocycles. The van der Waals surface area contributed by atoms with E-state index in [1.165, 1.54) is 22.1 Å². The minimum Gasteiger partial charge on any atom is -0.507 e. The van der Waals surface area contributed by atoms with Gasteiger partial charge in [0.25, 0.3) is 0 Å². The fraction of sp³-hybridized carbons (Fsp3) is 0.333. The SMILES string of the molecule is Cc1cccc2c(O)cc3c(c12)[C@H](CCl)CC3. The Balaban J connectivity index is 2.43. The smallest absolute Gasteiger partial charge is 0.123 e. The van der Waals surface area contributed by atoms with Gasteiger partial charge < -0.3 is 5.11 Å². The maximum Gasteiger partial charge on any atom is 0.123 e. The van der Waals surface area contributed by atoms with Crippen LogP contribution in [-0.4, -0.2) is 11.0 Å². The first-order chi connectivity index (χ1) is 8.22. The molecular weight excluding hydrogens is 232 g/mol. The van der Waals surface area contributed by atoms with Gasteiger partial charge in [0.1, 0.15) is 5.75 Å². The molecule has 0 radical (unpaired) electrons. The largest absolute Gasteiger partial charge is 0.507 e. The number of phenols is 1. The van der Waals surface area contributed by atoms with E-state index in [0.717, 1.165) is 18.2 Å². The van der Waals surface area contributed by atoms with Gasteiger partial charge in [0, 0.05) is 11.3 Å². The Labute approximate surface area is 106 Å². The number of halogens is 1. The normalized spacial score (nSPS) is 18.6. The molecule has 0 heterocycles. The molecular formula is C15H15ClO. The van der Waals surface area contributed by atoms with E-state index in [1.807, 2.05) is 18.2 Å². The number of alkyl halides is 1. The molecule has 1 nitrogen and oxygen atoms in total. The van der Waals surface area contributed by atoms with Crippen LogP contribution in [-0.2, 0) is 6.42 Å². The van der Waals surface area contributed by atoms with Gasteiger partial charge >= 0.3 is 0 Å². The van der Waals surface area contributed by atoms with Crippen LogP contribution in [0, 0.1) is 6.92 Å². The molecule has 1 N–H and O–H groups in total. The second-order valence-electron chi connectivity index (χ2n) is 4.86. The minimum atomic E-state index is 0.401. The van der Waals surface area contributed by atoms with Crippen molar-refractivity contribution in [3.63, 3.8) is 0 Å². The molecule has 2 aromatic rings. The van der Waals surface area contributed by atoms with Crippen molar-refractivity contribution >= 4 is 22.4 Å². The van der Waals surface area contributed by atoms with E-state index in [0.29, 0.717) is 17.5 Å². The van der Waals surface area contributed by atoms with Gasteiger partial charge in [0.2, 0.25) is 0 Å². The monoisotopic (exact) mass is 246 g/mol. The Bertz CT molecular complexity index is 589. The molecule has 0 aliphatic heterocycles. The van der Waals surface area contributed by atoms with Crippen LogP contribution in [0.15, 0.2) is 24.3 Å². The van der Waals surface area contributed by atoms with E-state index in [1.54, 1.807) is 0 Å². The molecule has 0 amide bonds. The molecule has 2 heteroatoms. The van der Waals surface area contributed by atoms with Crippen LogP contribution >= 0.6 is 11.6 Å². The van der Waals surface area contributed by atoms with Crippen molar-refractivity contribution in [2.24, 2.45) is 0 Å². The van der Waals surface area contributed by atoms with Crippen LogP contribution in [0.25, 0.3) is 10.8 Å². The number of hydrogen-bond acceptors (Lipinski definition) is 1. The average molecular weight is 247 g/mol. The lowest BCUT2D eigenvalue weighted by atomic mass is 9.92. The van der Waals surface area contributed by atoms with Crippen molar-refractivity contribution in [2.45, 2.75) is 25.7 Å². The molecule has 0 bridgehead atoms. The summed E-state index contributed by atoms with van der Waals surface area (Å²) in [6.07, 6.45) is 2.14. The molecule has 0 spiro atoms. The van der Waals surface area contributed by atoms with Gasteiger partial charge in [-0.3, -0.25) is 0 Å². The van der Waals surface area contributed by atoms with Gasteiger partial charge in [-0.2, -0.15) is 0 Å². The highest BCUT2D eigenvalue weighted by molar-refractivity contribution is 6.18. The van der Waals surface area contributed by atoms with Crippen molar-refractivity contribution in [3.8, 4) is 5.75 Å². The van der Waals surface area contributed by atoms with Crippen LogP contribution in [0.3, 0.4) is 0 Å². The predicted octanol–water partition coefficient (Wildman–Crippen LogP) is 4.12. The summed E-state index contributed by atoms with van der Waals surface area (Å²) in [6, 6.07) is 8.01. The Hall–Kier alpha value is -1.21. The lowest BCUT2D eigenvalue weighted by Crippen LogP contribution is -1.97. The van der Waals surface area contributed by atoms with Crippen molar-refractivity contribution in [3.05, 3.63) is 41.0 Å². The van der Waals surface area contributed by atoms with Crippen molar-refractivity contribution in [2.75, 3.05) is 5.88 Å². The first-order valence-electron chi connectivity index (χ1n) is 6.02. The highest BCUT2D eigenvalue weighted by atomic mass is 35.5. The molecule has 2 aromatic carbocycles. The molecule has 1 aliphatic rings. The zero-order valence-electron chi connectivity index (χ0n) is 9.83. The predicted molar refractivity (Wildman–Crippen MR) is 72.1 cm³/mol. The van der Waals surface area contributed by atoms with Crippen LogP contribution in [0.2, 0.25) is 0 Å². The average Bonchev–Trinajstić information content (AvgIpc) is 2.72. The van der Waals surface area contributed by atoms with Gasteiger partial charge in [0.05, 0.1) is 0 Å². The van der Waals surface area contributed by atoms with Crippen LogP contribution in [0.1, 0.15) is 29.0 Å². The van der Waals surface area contributed by atoms with E-state index >= 15 is 0 Å². The van der Waals surface area contributed by atoms with Crippen LogP contribution < -0.4 is 0 Å². The summed E-state index contributed by atoms with van der Waals surface area (Å²) in [4.78, 5) is 0. The van der Waals surface area contributed by atoms with Crippen molar-refractivity contribution in [1.82, 2.24) is 0 Å². The number of rotatable bonds is 1. The first-order valence-corrected chi connectivity index (χ1v) is 6.56. The summed E-state index contributed by atoms with van der Waals surface area (Å²) in [5, 5.41) is 12.3. The Morgan fingerprint density at radius 1 is 1.41 bits per heavy atom. The minimum absolute atomic E-state index is 0.401. The Kier molecular flexibility index (Phi) is 2.52. The Morgan fingerprint density at radius 2 is 2.24 bits per heavy atom. The molecule has 0 fully saturated rings. The molecule has 0 aromatic heterocycles. The van der Waals surface area contributed by atoms with E-state index in [4.69, 9.17) is 11.6 Å². The summed E-state index contributed by atoms with van der Waals surface area (Å²) in [5.41, 5.74) is 3.87. The summed E-state index contributed by atoms with van der Waals surface area (Å²) < 4.78 is 0. The lowest BCUT2D eigenvalue weighted by Gasteiger charge is -2.14. The summed E-state index contributed by atoms with van der Waals surface area (Å²) in [6.45, 7) is 2.10. The highest BCUT2D eigenvalue weighted by Gasteiger charge is 2.25. The van der Waals surface area contributed by atoms with Gasteiger partial charge in [0.15, 0.2) is 0 Å². The zero-order valence-corrected chi connectivity index (χ0v) is 10.6. The first kappa shape index (κ1) is 10.9. The highest BCUT2D eigenvalue weighted by Crippen LogP contribution is 2.43. The summed E-state index contributed by atoms with van der Waals surface area (Å²) in [5.74, 6) is 1.51. The molecule has 1 aliphatic carbocycles. The molecule has 88 valence electrons. The number of hydrogen-bond donors (Lipinski definition) is 1. The van der Waals surface area contributed by atoms with Gasteiger partial charge in [-0.05, 0) is 53.8 Å². The molecule has 1 atom stereocenters. The molecule has 0 unspecified atom stereocenters. The maximum absolute atomic E-state index is 10.1. The number of benzene rings is 2. The van der Waals surface area contributed by atoms with Crippen molar-refractivity contribution < 1.29 is 5.11 Å². The van der Waals surface area contributed by atoms with E-state index in [2.05, 4.69) is 13.0 Å². The van der Waals surface area contributed by atoms with E-state index < -0.39 is 0 Å². The third-order valence-electron chi connectivity index (χ3n) is 3.83. The van der Waals surface area contributed by atoms with Crippen molar-refractivity contribution in [1.29, 1.82) is 0 Å². The zero-order chi connectivity index (χ0) is 12.0. The van der Waals surface area contributed by atoms with Gasteiger partial charge in [-0.1, -0.05) is 18.2 Å². The van der Waals surface area contributed by atoms with E-state index in [-0.39, 0.29) is 0 Å². The second-order valence-corrected chi connectivity index (χ2v) is 5.16. The third kappa shape index (κ3) is 1.53. The van der Waals surface area contributed by atoms with Crippen LogP contribution in [0.4, 0.5) is 0 Å². The van der Waals surface area contributed by atoms with Gasteiger partial charge in [-0.25, -0.2) is 0 Å². The fourth-order valence-electron chi connectivity index (χ4n) is 3.02. The standard InChI is InChI=1S/C15H15ClO/c1-9-3-2-4-12-13(17)7-10-5-6-11(8-16)15(10)14(9)12/h2-4,7,11,17H,5-6,8H2,1H3/t11-/m0/s1. The molecule has 3 rings (SSSR count).